The van der Waals surface area contributed by atoms with Crippen LogP contribution in [0.4, 0.5) is 11.5 Å². The molecule has 0 saturated heterocycles. The van der Waals surface area contributed by atoms with Crippen molar-refractivity contribution in [2.24, 2.45) is 0 Å². The molecular formula is C15H26N4O. The number of amides is 1. The third-order valence-electron chi connectivity index (χ3n) is 3.23. The number of rotatable bonds is 8. The zero-order valence-corrected chi connectivity index (χ0v) is 13.0. The molecule has 1 N–H and O–H groups in total. The van der Waals surface area contributed by atoms with Crippen molar-refractivity contribution in [1.82, 2.24) is 9.88 Å². The van der Waals surface area contributed by atoms with Crippen LogP contribution < -0.4 is 10.2 Å². The number of nitrogens with zero attached hydrogens (tertiary/aromatic N) is 3. The lowest BCUT2D eigenvalue weighted by Gasteiger charge is -2.24. The van der Waals surface area contributed by atoms with E-state index in [1.807, 2.05) is 42.8 Å². The van der Waals surface area contributed by atoms with Gasteiger partial charge in [0.2, 0.25) is 5.91 Å². The molecule has 0 unspecified atom stereocenters. The molecule has 0 aromatic carbocycles. The third-order valence-corrected chi connectivity index (χ3v) is 3.23. The summed E-state index contributed by atoms with van der Waals surface area (Å²) in [5.41, 5.74) is 0.999. The van der Waals surface area contributed by atoms with Gasteiger partial charge in [0, 0.05) is 44.6 Å². The normalized spacial score (nSPS) is 10.2. The van der Waals surface area contributed by atoms with Gasteiger partial charge in [-0.3, -0.25) is 4.79 Å². The highest BCUT2D eigenvalue weighted by molar-refractivity contribution is 5.81. The number of hydrogen-bond donors (Lipinski definition) is 1. The minimum Gasteiger partial charge on any atom is -0.370 e. The number of pyridine rings is 1. The van der Waals surface area contributed by atoms with Crippen LogP contribution in [0.25, 0.3) is 0 Å². The lowest BCUT2D eigenvalue weighted by Crippen LogP contribution is -2.38. The van der Waals surface area contributed by atoms with Crippen LogP contribution >= 0.6 is 0 Å². The number of likely N-dealkylation sites (N-methyl/N-ethyl adjacent to an activating group) is 2. The molecule has 112 valence electrons. The van der Waals surface area contributed by atoms with Gasteiger partial charge in [-0.05, 0) is 26.3 Å². The van der Waals surface area contributed by atoms with E-state index in [1.165, 1.54) is 0 Å². The minimum atomic E-state index is 0.150. The molecule has 0 radical (unpaired) electrons. The Kier molecular flexibility index (Phi) is 6.84. The molecule has 1 rings (SSSR count). The number of anilines is 2. The van der Waals surface area contributed by atoms with E-state index in [0.29, 0.717) is 6.54 Å². The van der Waals surface area contributed by atoms with Gasteiger partial charge in [-0.25, -0.2) is 4.98 Å². The Morgan fingerprint density at radius 3 is 2.60 bits per heavy atom. The molecule has 0 bridgehead atoms. The molecule has 0 aliphatic carbocycles. The van der Waals surface area contributed by atoms with E-state index in [-0.39, 0.29) is 5.91 Å². The van der Waals surface area contributed by atoms with E-state index < -0.39 is 0 Å². The summed E-state index contributed by atoms with van der Waals surface area (Å²) in [6.45, 7) is 8.91. The highest BCUT2D eigenvalue weighted by Crippen LogP contribution is 2.16. The van der Waals surface area contributed by atoms with Crippen LogP contribution in [0.15, 0.2) is 18.3 Å². The first-order valence-corrected chi connectivity index (χ1v) is 7.31. The van der Waals surface area contributed by atoms with E-state index in [4.69, 9.17) is 0 Å². The van der Waals surface area contributed by atoms with Gasteiger partial charge in [0.1, 0.15) is 5.82 Å². The van der Waals surface area contributed by atoms with E-state index in [2.05, 4.69) is 17.2 Å². The van der Waals surface area contributed by atoms with Crippen molar-refractivity contribution in [3.63, 3.8) is 0 Å². The summed E-state index contributed by atoms with van der Waals surface area (Å²) < 4.78 is 0. The van der Waals surface area contributed by atoms with Crippen molar-refractivity contribution in [1.29, 1.82) is 0 Å². The second-order valence-corrected chi connectivity index (χ2v) is 4.75. The second-order valence-electron chi connectivity index (χ2n) is 4.75. The van der Waals surface area contributed by atoms with E-state index in [1.54, 1.807) is 6.20 Å². The molecule has 0 aliphatic heterocycles. The summed E-state index contributed by atoms with van der Waals surface area (Å²) in [5.74, 6) is 1.00. The van der Waals surface area contributed by atoms with Gasteiger partial charge in [0.05, 0.1) is 6.54 Å². The summed E-state index contributed by atoms with van der Waals surface area (Å²) in [7, 11) is 1.93. The van der Waals surface area contributed by atoms with Gasteiger partial charge in [-0.2, -0.15) is 0 Å². The molecule has 0 aliphatic rings. The van der Waals surface area contributed by atoms with Gasteiger partial charge in [-0.1, -0.05) is 6.92 Å². The van der Waals surface area contributed by atoms with E-state index in [9.17, 15) is 4.79 Å². The Morgan fingerprint density at radius 1 is 1.30 bits per heavy atom. The second kappa shape index (κ2) is 8.40. The highest BCUT2D eigenvalue weighted by atomic mass is 16.2. The average molecular weight is 278 g/mol. The number of carbonyl (C=O) groups excluding carboxylic acids is 1. The van der Waals surface area contributed by atoms with Crippen molar-refractivity contribution in [2.75, 3.05) is 43.4 Å². The lowest BCUT2D eigenvalue weighted by atomic mass is 10.3. The predicted octanol–water partition coefficient (Wildman–Crippen LogP) is 2.21. The number of nitrogens with one attached hydrogen (secondary N) is 1. The molecule has 1 amide bonds. The Bertz CT molecular complexity index is 418. The van der Waals surface area contributed by atoms with Crippen LogP contribution in [-0.4, -0.2) is 49.0 Å². The first-order chi connectivity index (χ1) is 9.62. The molecule has 1 heterocycles. The fourth-order valence-electron chi connectivity index (χ4n) is 1.98. The molecule has 0 fully saturated rings. The van der Waals surface area contributed by atoms with Crippen LogP contribution in [0.2, 0.25) is 0 Å². The molecule has 0 saturated carbocycles. The lowest BCUT2D eigenvalue weighted by molar-refractivity contribution is -0.129. The maximum atomic E-state index is 12.1. The molecule has 0 atom stereocenters. The Labute approximate surface area is 122 Å². The molecule has 5 nitrogen and oxygen atoms in total. The Balaban J connectivity index is 2.67. The molecular weight excluding hydrogens is 252 g/mol. The van der Waals surface area contributed by atoms with Crippen LogP contribution in [0, 0.1) is 0 Å². The van der Waals surface area contributed by atoms with Crippen molar-refractivity contribution >= 4 is 17.4 Å². The largest absolute Gasteiger partial charge is 0.370 e. The van der Waals surface area contributed by atoms with Gasteiger partial charge >= 0.3 is 0 Å². The van der Waals surface area contributed by atoms with E-state index >= 15 is 0 Å². The summed E-state index contributed by atoms with van der Waals surface area (Å²) in [6, 6.07) is 3.90. The predicted molar refractivity (Wildman–Crippen MR) is 84.2 cm³/mol. The highest BCUT2D eigenvalue weighted by Gasteiger charge is 2.13. The quantitative estimate of drug-likeness (QED) is 0.792. The standard InChI is InChI=1S/C15H26N4O/c1-5-9-16-14-11-13(8-10-17-14)18(4)12-15(20)19(6-2)7-3/h8,10-11H,5-7,9,12H2,1-4H3,(H,16,17). The topological polar surface area (TPSA) is 48.5 Å². The van der Waals surface area contributed by atoms with E-state index in [0.717, 1.165) is 37.6 Å². The van der Waals surface area contributed by atoms with Crippen molar-refractivity contribution in [3.05, 3.63) is 18.3 Å². The van der Waals surface area contributed by atoms with Crippen LogP contribution in [0.1, 0.15) is 27.2 Å². The van der Waals surface area contributed by atoms with Gasteiger partial charge < -0.3 is 15.1 Å². The fraction of sp³-hybridized carbons (Fsp3) is 0.600. The Hall–Kier alpha value is -1.78. The first kappa shape index (κ1) is 16.3. The zero-order chi connectivity index (χ0) is 15.0. The third kappa shape index (κ3) is 4.72. The fourth-order valence-corrected chi connectivity index (χ4v) is 1.98. The average Bonchev–Trinajstić information content (AvgIpc) is 2.46. The summed E-state index contributed by atoms with van der Waals surface area (Å²) in [4.78, 5) is 20.2. The number of hydrogen-bond acceptors (Lipinski definition) is 4. The summed E-state index contributed by atoms with van der Waals surface area (Å²) in [5, 5.41) is 3.25. The van der Waals surface area contributed by atoms with Crippen LogP contribution in [0.3, 0.4) is 0 Å². The first-order valence-electron chi connectivity index (χ1n) is 7.31. The van der Waals surface area contributed by atoms with Crippen molar-refractivity contribution in [2.45, 2.75) is 27.2 Å². The van der Waals surface area contributed by atoms with Crippen LogP contribution in [0.5, 0.6) is 0 Å². The Morgan fingerprint density at radius 2 is 2.00 bits per heavy atom. The summed E-state index contributed by atoms with van der Waals surface area (Å²) in [6.07, 6.45) is 2.83. The summed E-state index contributed by atoms with van der Waals surface area (Å²) >= 11 is 0. The van der Waals surface area contributed by atoms with Crippen molar-refractivity contribution < 1.29 is 4.79 Å². The molecule has 0 spiro atoms. The van der Waals surface area contributed by atoms with Gasteiger partial charge in [0.25, 0.3) is 0 Å². The minimum absolute atomic E-state index is 0.150. The SMILES string of the molecule is CCCNc1cc(N(C)CC(=O)N(CC)CC)ccn1. The molecule has 1 aromatic rings. The number of carbonyl (C=O) groups is 1. The maximum Gasteiger partial charge on any atom is 0.242 e. The van der Waals surface area contributed by atoms with Crippen molar-refractivity contribution in [3.8, 4) is 0 Å². The number of aromatic nitrogens is 1. The van der Waals surface area contributed by atoms with Gasteiger partial charge in [0.15, 0.2) is 0 Å². The van der Waals surface area contributed by atoms with Crippen LogP contribution in [-0.2, 0) is 4.79 Å². The maximum absolute atomic E-state index is 12.1. The van der Waals surface area contributed by atoms with Gasteiger partial charge in [-0.15, -0.1) is 0 Å². The smallest absolute Gasteiger partial charge is 0.242 e. The molecule has 20 heavy (non-hydrogen) atoms. The molecule has 5 heteroatoms. The monoisotopic (exact) mass is 278 g/mol. The zero-order valence-electron chi connectivity index (χ0n) is 13.0. The molecule has 1 aromatic heterocycles.